The van der Waals surface area contributed by atoms with E-state index in [0.29, 0.717) is 28.4 Å². The van der Waals surface area contributed by atoms with Gasteiger partial charge in [0.25, 0.3) is 10.0 Å². The molecule has 0 aliphatic carbocycles. The van der Waals surface area contributed by atoms with Gasteiger partial charge in [0.2, 0.25) is 5.76 Å². The summed E-state index contributed by atoms with van der Waals surface area (Å²) in [5.74, 6) is -1.22. The summed E-state index contributed by atoms with van der Waals surface area (Å²) in [6.07, 6.45) is -3.15. The van der Waals surface area contributed by atoms with Gasteiger partial charge in [-0.05, 0) is 37.5 Å². The Labute approximate surface area is 163 Å². The molecule has 0 spiro atoms. The van der Waals surface area contributed by atoms with Gasteiger partial charge >= 0.3 is 6.18 Å². The fraction of sp³-hybridized carbons (Fsp3) is 0.278. The number of hydrogen-bond acceptors (Lipinski definition) is 5. The smallest absolute Gasteiger partial charge is 0.351 e. The van der Waals surface area contributed by atoms with Crippen molar-refractivity contribution in [1.82, 2.24) is 5.16 Å². The van der Waals surface area contributed by atoms with Crippen molar-refractivity contribution in [2.45, 2.75) is 30.8 Å². The van der Waals surface area contributed by atoms with Crippen LogP contribution in [0.3, 0.4) is 0 Å². The van der Waals surface area contributed by atoms with Crippen molar-refractivity contribution >= 4 is 27.0 Å². The molecule has 0 radical (unpaired) electrons. The number of para-hydroxylation sites is 1. The van der Waals surface area contributed by atoms with Crippen molar-refractivity contribution in [3.05, 3.63) is 52.6 Å². The normalized spacial score (nSPS) is 14.9. The lowest BCUT2D eigenvalue weighted by Gasteiger charge is -2.30. The van der Waals surface area contributed by atoms with Crippen LogP contribution < -0.4 is 4.31 Å². The molecule has 0 fully saturated rings. The van der Waals surface area contributed by atoms with Crippen LogP contribution in [0.15, 0.2) is 45.8 Å². The number of benzene rings is 1. The molecular formula is C18H15F3N2O3S2. The number of alkyl halides is 3. The Hall–Kier alpha value is -2.33. The average molecular weight is 428 g/mol. The first kappa shape index (κ1) is 19.0. The van der Waals surface area contributed by atoms with Gasteiger partial charge in [-0.25, -0.2) is 8.42 Å². The van der Waals surface area contributed by atoms with Gasteiger partial charge in [0.1, 0.15) is 10.6 Å². The Morgan fingerprint density at radius 2 is 1.96 bits per heavy atom. The Morgan fingerprint density at radius 3 is 2.68 bits per heavy atom. The summed E-state index contributed by atoms with van der Waals surface area (Å²) in [5.41, 5.74) is 1.55. The second kappa shape index (κ2) is 6.63. The van der Waals surface area contributed by atoms with Gasteiger partial charge in [-0.1, -0.05) is 23.4 Å². The monoisotopic (exact) mass is 428 g/mol. The van der Waals surface area contributed by atoms with Gasteiger partial charge in [0, 0.05) is 17.5 Å². The molecule has 0 saturated carbocycles. The second-order valence-corrected chi connectivity index (χ2v) is 9.50. The first-order valence-electron chi connectivity index (χ1n) is 8.43. The third-order valence-electron chi connectivity index (χ3n) is 4.55. The largest absolute Gasteiger partial charge is 0.452 e. The average Bonchev–Trinajstić information content (AvgIpc) is 3.28. The highest BCUT2D eigenvalue weighted by Crippen LogP contribution is 2.39. The zero-order chi connectivity index (χ0) is 20.1. The molecule has 0 unspecified atom stereocenters. The fourth-order valence-corrected chi connectivity index (χ4v) is 6.30. The van der Waals surface area contributed by atoms with Crippen molar-refractivity contribution in [2.75, 3.05) is 10.8 Å². The highest BCUT2D eigenvalue weighted by molar-refractivity contribution is 7.93. The number of thiophene rings is 1. The summed E-state index contributed by atoms with van der Waals surface area (Å²) in [7, 11) is -3.85. The number of anilines is 1. The van der Waals surface area contributed by atoms with E-state index in [1.807, 2.05) is 12.1 Å². The van der Waals surface area contributed by atoms with E-state index in [-0.39, 0.29) is 10.6 Å². The number of sulfonamides is 1. The highest BCUT2D eigenvalue weighted by Gasteiger charge is 2.37. The zero-order valence-corrected chi connectivity index (χ0v) is 16.3. The molecule has 0 atom stereocenters. The third-order valence-corrected chi connectivity index (χ3v) is 7.69. The molecule has 10 heteroatoms. The van der Waals surface area contributed by atoms with Crippen LogP contribution in [0.5, 0.6) is 0 Å². The number of fused-ring (bicyclic) bond motifs is 1. The summed E-state index contributed by atoms with van der Waals surface area (Å²) >= 11 is 1.07. The molecule has 1 aliphatic heterocycles. The van der Waals surface area contributed by atoms with E-state index in [9.17, 15) is 21.6 Å². The number of aromatic nitrogens is 1. The summed E-state index contributed by atoms with van der Waals surface area (Å²) in [6, 6.07) is 9.46. The predicted molar refractivity (Wildman–Crippen MR) is 98.8 cm³/mol. The molecule has 2 aromatic heterocycles. The molecule has 148 valence electrons. The summed E-state index contributed by atoms with van der Waals surface area (Å²) in [4.78, 5) is 0.857. The summed E-state index contributed by atoms with van der Waals surface area (Å²) < 4.78 is 70.5. The summed E-state index contributed by atoms with van der Waals surface area (Å²) in [6.45, 7) is 1.98. The van der Waals surface area contributed by atoms with E-state index >= 15 is 0 Å². The molecule has 1 aliphatic rings. The van der Waals surface area contributed by atoms with Crippen LogP contribution in [-0.4, -0.2) is 20.1 Å². The number of rotatable bonds is 3. The van der Waals surface area contributed by atoms with Crippen LogP contribution in [0.25, 0.3) is 10.6 Å². The minimum atomic E-state index is -4.65. The van der Waals surface area contributed by atoms with Gasteiger partial charge in [-0.2, -0.15) is 13.2 Å². The van der Waals surface area contributed by atoms with Crippen LogP contribution in [0.1, 0.15) is 22.6 Å². The van der Waals surface area contributed by atoms with Gasteiger partial charge < -0.3 is 4.52 Å². The lowest BCUT2D eigenvalue weighted by molar-refractivity contribution is -0.155. The maximum absolute atomic E-state index is 13.3. The standard InChI is InChI=1S/C18H15F3N2O3S2/c1-11-16(10-15(27-11)13-9-17(26-22-13)18(19,20)21)28(24,25)23-8-4-6-12-5-2-3-7-14(12)23/h2-3,5,7,9-10H,4,6,8H2,1H3. The molecule has 0 bridgehead atoms. The quantitative estimate of drug-likeness (QED) is 0.597. The topological polar surface area (TPSA) is 63.4 Å². The number of halogens is 3. The van der Waals surface area contributed by atoms with Crippen molar-refractivity contribution < 1.29 is 26.1 Å². The Morgan fingerprint density at radius 1 is 1.21 bits per heavy atom. The molecule has 3 aromatic rings. The minimum absolute atomic E-state index is 0.0408. The molecule has 0 amide bonds. The number of hydrogen-bond donors (Lipinski definition) is 0. The molecular weight excluding hydrogens is 413 g/mol. The Kier molecular flexibility index (Phi) is 4.50. The minimum Gasteiger partial charge on any atom is -0.351 e. The first-order chi connectivity index (χ1) is 13.2. The maximum Gasteiger partial charge on any atom is 0.452 e. The predicted octanol–water partition coefficient (Wildman–Crippen LogP) is 4.87. The van der Waals surface area contributed by atoms with Crippen LogP contribution in [-0.2, 0) is 22.6 Å². The molecule has 3 heterocycles. The van der Waals surface area contributed by atoms with Crippen molar-refractivity contribution in [2.24, 2.45) is 0 Å². The van der Waals surface area contributed by atoms with Crippen LogP contribution in [0, 0.1) is 6.92 Å². The van der Waals surface area contributed by atoms with Crippen molar-refractivity contribution in [3.63, 3.8) is 0 Å². The van der Waals surface area contributed by atoms with E-state index in [1.54, 1.807) is 19.1 Å². The SMILES string of the molecule is Cc1sc(-c2cc(C(F)(F)F)on2)cc1S(=O)(=O)N1CCCc2ccccc21. The van der Waals surface area contributed by atoms with Gasteiger partial charge in [-0.15, -0.1) is 11.3 Å². The lowest BCUT2D eigenvalue weighted by Crippen LogP contribution is -2.35. The van der Waals surface area contributed by atoms with Crippen LogP contribution in [0.4, 0.5) is 18.9 Å². The van der Waals surface area contributed by atoms with Gasteiger partial charge in [0.05, 0.1) is 10.6 Å². The lowest BCUT2D eigenvalue weighted by atomic mass is 10.0. The second-order valence-electron chi connectivity index (χ2n) is 6.41. The van der Waals surface area contributed by atoms with Crippen LogP contribution >= 0.6 is 11.3 Å². The molecule has 28 heavy (non-hydrogen) atoms. The highest BCUT2D eigenvalue weighted by atomic mass is 32.2. The van der Waals surface area contributed by atoms with E-state index in [2.05, 4.69) is 9.68 Å². The molecule has 0 N–H and O–H groups in total. The van der Waals surface area contributed by atoms with E-state index in [1.165, 1.54) is 10.4 Å². The molecule has 0 saturated heterocycles. The first-order valence-corrected chi connectivity index (χ1v) is 10.7. The third kappa shape index (κ3) is 3.20. The Balaban J connectivity index is 1.74. The number of aryl methyl sites for hydroxylation is 2. The molecule has 5 nitrogen and oxygen atoms in total. The zero-order valence-electron chi connectivity index (χ0n) is 14.7. The van der Waals surface area contributed by atoms with E-state index in [0.717, 1.165) is 29.4 Å². The van der Waals surface area contributed by atoms with Crippen molar-refractivity contribution in [1.29, 1.82) is 0 Å². The van der Waals surface area contributed by atoms with Gasteiger partial charge in [-0.3, -0.25) is 4.31 Å². The number of nitrogens with zero attached hydrogens (tertiary/aromatic N) is 2. The van der Waals surface area contributed by atoms with Crippen molar-refractivity contribution in [3.8, 4) is 10.6 Å². The van der Waals surface area contributed by atoms with E-state index in [4.69, 9.17) is 0 Å². The maximum atomic E-state index is 13.3. The van der Waals surface area contributed by atoms with Gasteiger partial charge in [0.15, 0.2) is 0 Å². The summed E-state index contributed by atoms with van der Waals surface area (Å²) in [5, 5.41) is 3.44. The molecule has 1 aromatic carbocycles. The van der Waals surface area contributed by atoms with Crippen LogP contribution in [0.2, 0.25) is 0 Å². The Bertz CT molecular complexity index is 1130. The van der Waals surface area contributed by atoms with E-state index < -0.39 is 22.0 Å². The fourth-order valence-electron chi connectivity index (χ4n) is 3.24. The molecule has 4 rings (SSSR count).